The van der Waals surface area contributed by atoms with Gasteiger partial charge in [-0.1, -0.05) is 12.1 Å². The summed E-state index contributed by atoms with van der Waals surface area (Å²) in [6.45, 7) is 0.197. The van der Waals surface area contributed by atoms with E-state index in [0.29, 0.717) is 11.3 Å². The Morgan fingerprint density at radius 3 is 2.23 bits per heavy atom. The van der Waals surface area contributed by atoms with Crippen molar-refractivity contribution in [3.63, 3.8) is 0 Å². The maximum absolute atomic E-state index is 13.3. The summed E-state index contributed by atoms with van der Waals surface area (Å²) in [6, 6.07) is 10.2. The fraction of sp³-hybridized carbons (Fsp3) is 0.278. The van der Waals surface area contributed by atoms with Crippen molar-refractivity contribution in [1.29, 1.82) is 0 Å². The van der Waals surface area contributed by atoms with Gasteiger partial charge in [-0.2, -0.15) is 0 Å². The number of benzene rings is 2. The quantitative estimate of drug-likeness (QED) is 0.886. The standard InChI is InChI=1S/C18H22N4O3S/c1-20(2)14-8-15(21(3)4)10-16(9-14)26(24,25)17-7-5-6-13-11-22(23)12-19-18(13)17/h5-10,12,23H,11H2,1-4H3. The molecule has 0 amide bonds. The van der Waals surface area contributed by atoms with Crippen molar-refractivity contribution in [2.75, 3.05) is 38.0 Å². The van der Waals surface area contributed by atoms with Crippen LogP contribution in [0.2, 0.25) is 0 Å². The number of hydroxylamine groups is 2. The molecule has 0 aromatic heterocycles. The highest BCUT2D eigenvalue weighted by Gasteiger charge is 2.26. The lowest BCUT2D eigenvalue weighted by atomic mass is 10.1. The van der Waals surface area contributed by atoms with E-state index in [9.17, 15) is 13.6 Å². The van der Waals surface area contributed by atoms with Crippen LogP contribution in [-0.4, -0.2) is 53.2 Å². The summed E-state index contributed by atoms with van der Waals surface area (Å²) in [6.07, 6.45) is 1.23. The van der Waals surface area contributed by atoms with E-state index in [1.54, 1.807) is 30.3 Å². The van der Waals surface area contributed by atoms with Crippen molar-refractivity contribution in [2.24, 2.45) is 4.99 Å². The van der Waals surface area contributed by atoms with Crippen LogP contribution in [0.3, 0.4) is 0 Å². The SMILES string of the molecule is CN(C)c1cc(N(C)C)cc(S(=O)(=O)c2cccc3c2N=CN(O)C3)c1. The van der Waals surface area contributed by atoms with Crippen molar-refractivity contribution in [3.8, 4) is 0 Å². The van der Waals surface area contributed by atoms with Crippen molar-refractivity contribution in [1.82, 2.24) is 5.06 Å². The van der Waals surface area contributed by atoms with Gasteiger partial charge < -0.3 is 9.80 Å². The number of hydrogen-bond donors (Lipinski definition) is 1. The van der Waals surface area contributed by atoms with Crippen LogP contribution in [0.25, 0.3) is 0 Å². The topological polar surface area (TPSA) is 76.5 Å². The first-order chi connectivity index (χ1) is 12.2. The number of aliphatic imine (C=N–C) groups is 1. The Morgan fingerprint density at radius 2 is 1.65 bits per heavy atom. The van der Waals surface area contributed by atoms with Crippen molar-refractivity contribution in [3.05, 3.63) is 42.0 Å². The Hall–Kier alpha value is -2.58. The average Bonchev–Trinajstić information content (AvgIpc) is 2.60. The Bertz CT molecular complexity index is 942. The number of sulfone groups is 1. The average molecular weight is 374 g/mol. The fourth-order valence-corrected chi connectivity index (χ4v) is 4.27. The summed E-state index contributed by atoms with van der Waals surface area (Å²) in [5.74, 6) is 0. The van der Waals surface area contributed by atoms with Gasteiger partial charge in [-0.05, 0) is 24.3 Å². The normalized spacial score (nSPS) is 13.5. The third-order valence-corrected chi connectivity index (χ3v) is 6.01. The third kappa shape index (κ3) is 3.25. The predicted octanol–water partition coefficient (Wildman–Crippen LogP) is 2.52. The minimum atomic E-state index is -3.78. The smallest absolute Gasteiger partial charge is 0.208 e. The highest BCUT2D eigenvalue weighted by Crippen LogP contribution is 2.36. The van der Waals surface area contributed by atoms with E-state index >= 15 is 0 Å². The zero-order valence-electron chi connectivity index (χ0n) is 15.2. The molecule has 1 aliphatic rings. The summed E-state index contributed by atoms with van der Waals surface area (Å²) < 4.78 is 26.7. The first-order valence-corrected chi connectivity index (χ1v) is 9.55. The third-order valence-electron chi connectivity index (χ3n) is 4.24. The molecule has 0 spiro atoms. The van der Waals surface area contributed by atoms with Gasteiger partial charge in [0.15, 0.2) is 0 Å². The molecule has 3 rings (SSSR count). The predicted molar refractivity (Wildman–Crippen MR) is 102 cm³/mol. The zero-order chi connectivity index (χ0) is 19.1. The molecular formula is C18H22N4O3S. The molecular weight excluding hydrogens is 352 g/mol. The van der Waals surface area contributed by atoms with Gasteiger partial charge in [-0.3, -0.25) is 5.21 Å². The molecule has 0 bridgehead atoms. The van der Waals surface area contributed by atoms with Crippen LogP contribution in [-0.2, 0) is 16.4 Å². The lowest BCUT2D eigenvalue weighted by Crippen LogP contribution is -2.20. The number of para-hydroxylation sites is 1. The number of fused-ring (bicyclic) bond motifs is 1. The fourth-order valence-electron chi connectivity index (χ4n) is 2.77. The van der Waals surface area contributed by atoms with Crippen molar-refractivity contribution in [2.45, 2.75) is 16.3 Å². The maximum atomic E-state index is 13.3. The molecule has 0 fully saturated rings. The lowest BCUT2D eigenvalue weighted by Gasteiger charge is -2.22. The van der Waals surface area contributed by atoms with Crippen LogP contribution in [0.4, 0.5) is 17.1 Å². The molecule has 1 aliphatic heterocycles. The molecule has 0 saturated carbocycles. The van der Waals surface area contributed by atoms with Crippen LogP contribution in [0.5, 0.6) is 0 Å². The summed E-state index contributed by atoms with van der Waals surface area (Å²) in [4.78, 5) is 8.22. The Morgan fingerprint density at radius 1 is 1.04 bits per heavy atom. The summed E-state index contributed by atoms with van der Waals surface area (Å²) in [7, 11) is 3.71. The molecule has 1 N–H and O–H groups in total. The number of rotatable bonds is 4. The van der Waals surface area contributed by atoms with Gasteiger partial charge in [-0.25, -0.2) is 18.5 Å². The monoisotopic (exact) mass is 374 g/mol. The Labute approximate surface area is 153 Å². The molecule has 0 radical (unpaired) electrons. The molecule has 0 aliphatic carbocycles. The largest absolute Gasteiger partial charge is 0.378 e. The van der Waals surface area contributed by atoms with Crippen LogP contribution in [0, 0.1) is 0 Å². The Balaban J connectivity index is 2.20. The molecule has 2 aromatic rings. The molecule has 0 saturated heterocycles. The number of hydrogen-bond acceptors (Lipinski definition) is 7. The van der Waals surface area contributed by atoms with E-state index < -0.39 is 9.84 Å². The molecule has 7 nitrogen and oxygen atoms in total. The van der Waals surface area contributed by atoms with Crippen LogP contribution in [0.1, 0.15) is 5.56 Å². The van der Waals surface area contributed by atoms with Crippen LogP contribution in [0.15, 0.2) is 51.2 Å². The van der Waals surface area contributed by atoms with E-state index in [4.69, 9.17) is 0 Å². The molecule has 0 atom stereocenters. The molecule has 8 heteroatoms. The molecule has 138 valence electrons. The van der Waals surface area contributed by atoms with Crippen molar-refractivity contribution >= 4 is 33.2 Å². The second-order valence-electron chi connectivity index (χ2n) is 6.58. The van der Waals surface area contributed by atoms with E-state index in [-0.39, 0.29) is 16.3 Å². The minimum Gasteiger partial charge on any atom is -0.378 e. The van der Waals surface area contributed by atoms with Gasteiger partial charge >= 0.3 is 0 Å². The highest BCUT2D eigenvalue weighted by atomic mass is 32.2. The minimum absolute atomic E-state index is 0.139. The maximum Gasteiger partial charge on any atom is 0.208 e. The molecule has 26 heavy (non-hydrogen) atoms. The van der Waals surface area contributed by atoms with Gasteiger partial charge in [0.1, 0.15) is 6.34 Å². The zero-order valence-corrected chi connectivity index (χ0v) is 16.0. The van der Waals surface area contributed by atoms with Crippen LogP contribution >= 0.6 is 0 Å². The van der Waals surface area contributed by atoms with E-state index in [1.165, 1.54) is 6.34 Å². The summed E-state index contributed by atoms with van der Waals surface area (Å²) in [5.41, 5.74) is 2.63. The molecule has 0 unspecified atom stereocenters. The second kappa shape index (κ2) is 6.62. The van der Waals surface area contributed by atoms with E-state index in [0.717, 1.165) is 16.4 Å². The highest BCUT2D eigenvalue weighted by molar-refractivity contribution is 7.91. The molecule has 1 heterocycles. The van der Waals surface area contributed by atoms with Gasteiger partial charge in [0, 0.05) is 45.1 Å². The number of nitrogens with zero attached hydrogens (tertiary/aromatic N) is 4. The van der Waals surface area contributed by atoms with E-state index in [1.807, 2.05) is 44.1 Å². The van der Waals surface area contributed by atoms with Crippen molar-refractivity contribution < 1.29 is 13.6 Å². The van der Waals surface area contributed by atoms with Crippen LogP contribution < -0.4 is 9.80 Å². The number of anilines is 2. The first-order valence-electron chi connectivity index (χ1n) is 8.06. The van der Waals surface area contributed by atoms with Gasteiger partial charge in [-0.15, -0.1) is 0 Å². The van der Waals surface area contributed by atoms with Gasteiger partial charge in [0.05, 0.1) is 22.0 Å². The molecule has 2 aromatic carbocycles. The summed E-state index contributed by atoms with van der Waals surface area (Å²) in [5, 5.41) is 10.5. The van der Waals surface area contributed by atoms with Gasteiger partial charge in [0.25, 0.3) is 0 Å². The summed E-state index contributed by atoms with van der Waals surface area (Å²) >= 11 is 0. The first kappa shape index (κ1) is 18.2. The van der Waals surface area contributed by atoms with Gasteiger partial charge in [0.2, 0.25) is 9.84 Å². The Kier molecular flexibility index (Phi) is 4.64. The lowest BCUT2D eigenvalue weighted by molar-refractivity contribution is -0.0179. The second-order valence-corrected chi connectivity index (χ2v) is 8.50. The van der Waals surface area contributed by atoms with E-state index in [2.05, 4.69) is 4.99 Å².